The zero-order valence-electron chi connectivity index (χ0n) is 9.01. The van der Waals surface area contributed by atoms with Gasteiger partial charge in [0.1, 0.15) is 5.75 Å². The van der Waals surface area contributed by atoms with Crippen LogP contribution in [0.1, 0.15) is 22.1 Å². The Bertz CT molecular complexity index is 539. The summed E-state index contributed by atoms with van der Waals surface area (Å²) in [6, 6.07) is 5.14. The smallest absolute Gasteiger partial charge is 0.264 e. The summed E-state index contributed by atoms with van der Waals surface area (Å²) in [5, 5.41) is 3.65. The quantitative estimate of drug-likeness (QED) is 0.811. The molecule has 0 atom stereocenters. The van der Waals surface area contributed by atoms with Gasteiger partial charge >= 0.3 is 0 Å². The first-order valence-electron chi connectivity index (χ1n) is 4.86. The number of hydrogen-bond acceptors (Lipinski definition) is 5. The number of aldehydes is 1. The first-order valence-corrected chi connectivity index (χ1v) is 5.65. The summed E-state index contributed by atoms with van der Waals surface area (Å²) in [5.41, 5.74) is 0.532. The number of halogens is 1. The lowest BCUT2D eigenvalue weighted by atomic mass is 10.2. The highest BCUT2D eigenvalue weighted by atomic mass is 79.9. The average Bonchev–Trinajstić information content (AvgIpc) is 2.74. The summed E-state index contributed by atoms with van der Waals surface area (Å²) in [7, 11) is 0. The van der Waals surface area contributed by atoms with Crippen LogP contribution in [0.25, 0.3) is 0 Å². The highest BCUT2D eigenvalue weighted by molar-refractivity contribution is 9.10. The highest BCUT2D eigenvalue weighted by Gasteiger charge is 2.05. The van der Waals surface area contributed by atoms with Crippen molar-refractivity contribution in [1.29, 1.82) is 0 Å². The van der Waals surface area contributed by atoms with Crippen molar-refractivity contribution in [2.75, 3.05) is 0 Å². The van der Waals surface area contributed by atoms with Crippen LogP contribution in [0.2, 0.25) is 0 Å². The Hall–Kier alpha value is -1.69. The molecule has 0 N–H and O–H groups in total. The molecule has 2 aromatic rings. The molecule has 0 spiro atoms. The van der Waals surface area contributed by atoms with Crippen molar-refractivity contribution < 1.29 is 14.1 Å². The van der Waals surface area contributed by atoms with Crippen molar-refractivity contribution in [3.05, 3.63) is 40.0 Å². The molecule has 1 aromatic carbocycles. The van der Waals surface area contributed by atoms with Crippen LogP contribution < -0.4 is 4.74 Å². The van der Waals surface area contributed by atoms with E-state index in [1.54, 1.807) is 25.1 Å². The van der Waals surface area contributed by atoms with Crippen molar-refractivity contribution in [1.82, 2.24) is 10.1 Å². The maximum Gasteiger partial charge on any atom is 0.264 e. The van der Waals surface area contributed by atoms with Gasteiger partial charge in [0.15, 0.2) is 18.7 Å². The van der Waals surface area contributed by atoms with Gasteiger partial charge in [-0.15, -0.1) is 0 Å². The molecule has 0 aliphatic heterocycles. The van der Waals surface area contributed by atoms with Gasteiger partial charge in [0.05, 0.1) is 0 Å². The molecule has 0 fully saturated rings. The van der Waals surface area contributed by atoms with Gasteiger partial charge in [0, 0.05) is 10.0 Å². The van der Waals surface area contributed by atoms with Gasteiger partial charge in [-0.1, -0.05) is 21.1 Å². The molecule has 88 valence electrons. The lowest BCUT2D eigenvalue weighted by Gasteiger charge is -2.04. The van der Waals surface area contributed by atoms with E-state index in [0.717, 1.165) is 10.8 Å². The molecule has 5 nitrogen and oxygen atoms in total. The third kappa shape index (κ3) is 2.91. The first kappa shape index (κ1) is 11.8. The third-order valence-corrected chi connectivity index (χ3v) is 2.75. The van der Waals surface area contributed by atoms with Crippen LogP contribution in [0.5, 0.6) is 5.75 Å². The maximum atomic E-state index is 10.7. The molecular weight excluding hydrogens is 288 g/mol. The van der Waals surface area contributed by atoms with E-state index >= 15 is 0 Å². The van der Waals surface area contributed by atoms with E-state index < -0.39 is 0 Å². The normalized spacial score (nSPS) is 10.2. The molecule has 0 amide bonds. The molecule has 0 saturated carbocycles. The number of carbonyl (C=O) groups is 1. The maximum absolute atomic E-state index is 10.7. The number of hydrogen-bond donors (Lipinski definition) is 0. The summed E-state index contributed by atoms with van der Waals surface area (Å²) in [6.07, 6.45) is 0.758. The zero-order valence-corrected chi connectivity index (χ0v) is 10.6. The minimum atomic E-state index is 0.181. The Balaban J connectivity index is 2.06. The van der Waals surface area contributed by atoms with Gasteiger partial charge in [0.25, 0.3) is 5.89 Å². The predicted molar refractivity (Wildman–Crippen MR) is 62.9 cm³/mol. The minimum Gasteiger partial charge on any atom is -0.484 e. The SMILES string of the molecule is Cc1noc(COc2ccc(Br)c(C=O)c2)n1. The number of rotatable bonds is 4. The Morgan fingerprint density at radius 3 is 3.00 bits per heavy atom. The Kier molecular flexibility index (Phi) is 3.53. The highest BCUT2D eigenvalue weighted by Crippen LogP contribution is 2.21. The van der Waals surface area contributed by atoms with Crippen LogP contribution in [-0.4, -0.2) is 16.4 Å². The summed E-state index contributed by atoms with van der Waals surface area (Å²) < 4.78 is 11.1. The number of nitrogens with zero attached hydrogens (tertiary/aromatic N) is 2. The van der Waals surface area contributed by atoms with Crippen molar-refractivity contribution >= 4 is 22.2 Å². The molecule has 0 saturated heterocycles. The van der Waals surface area contributed by atoms with Crippen LogP contribution >= 0.6 is 15.9 Å². The standard InChI is InChI=1S/C11H9BrN2O3/c1-7-13-11(17-14-7)6-16-9-2-3-10(12)8(4-9)5-15/h2-5H,6H2,1H3. The number of ether oxygens (including phenoxy) is 1. The lowest BCUT2D eigenvalue weighted by Crippen LogP contribution is -1.96. The topological polar surface area (TPSA) is 65.2 Å². The molecular formula is C11H9BrN2O3. The van der Waals surface area contributed by atoms with Crippen molar-refractivity contribution in [2.24, 2.45) is 0 Å². The fourth-order valence-corrected chi connectivity index (χ4v) is 1.59. The number of carbonyl (C=O) groups excluding carboxylic acids is 1. The molecule has 0 unspecified atom stereocenters. The van der Waals surface area contributed by atoms with Crippen molar-refractivity contribution in [2.45, 2.75) is 13.5 Å². The molecule has 1 heterocycles. The van der Waals surface area contributed by atoms with Crippen molar-refractivity contribution in [3.8, 4) is 5.75 Å². The number of aromatic nitrogens is 2. The van der Waals surface area contributed by atoms with Crippen LogP contribution in [-0.2, 0) is 6.61 Å². The van der Waals surface area contributed by atoms with E-state index in [0.29, 0.717) is 23.0 Å². The van der Waals surface area contributed by atoms with E-state index in [9.17, 15) is 4.79 Å². The second kappa shape index (κ2) is 5.09. The Labute approximate surface area is 106 Å². The molecule has 6 heteroatoms. The van der Waals surface area contributed by atoms with E-state index in [1.807, 2.05) is 0 Å². The van der Waals surface area contributed by atoms with Gasteiger partial charge in [-0.3, -0.25) is 4.79 Å². The Morgan fingerprint density at radius 2 is 2.35 bits per heavy atom. The van der Waals surface area contributed by atoms with E-state index in [4.69, 9.17) is 9.26 Å². The molecule has 17 heavy (non-hydrogen) atoms. The average molecular weight is 297 g/mol. The largest absolute Gasteiger partial charge is 0.484 e. The van der Waals surface area contributed by atoms with Gasteiger partial charge in [-0.25, -0.2) is 0 Å². The zero-order chi connectivity index (χ0) is 12.3. The number of aryl methyl sites for hydroxylation is 1. The van der Waals surface area contributed by atoms with Crippen LogP contribution in [0, 0.1) is 6.92 Å². The molecule has 2 rings (SSSR count). The van der Waals surface area contributed by atoms with E-state index in [-0.39, 0.29) is 6.61 Å². The third-order valence-electron chi connectivity index (χ3n) is 2.03. The molecule has 0 aliphatic rings. The second-order valence-corrected chi connectivity index (χ2v) is 4.18. The van der Waals surface area contributed by atoms with Crippen LogP contribution in [0.3, 0.4) is 0 Å². The molecule has 0 aliphatic carbocycles. The van der Waals surface area contributed by atoms with Crippen molar-refractivity contribution in [3.63, 3.8) is 0 Å². The van der Waals surface area contributed by atoms with Gasteiger partial charge in [-0.2, -0.15) is 4.98 Å². The second-order valence-electron chi connectivity index (χ2n) is 3.33. The summed E-state index contributed by atoms with van der Waals surface area (Å²) >= 11 is 3.26. The summed E-state index contributed by atoms with van der Waals surface area (Å²) in [4.78, 5) is 14.7. The van der Waals surface area contributed by atoms with Crippen LogP contribution in [0.4, 0.5) is 0 Å². The summed E-state index contributed by atoms with van der Waals surface area (Å²) in [6.45, 7) is 1.91. The predicted octanol–water partition coefficient (Wildman–Crippen LogP) is 2.53. The van der Waals surface area contributed by atoms with Gasteiger partial charge < -0.3 is 9.26 Å². The monoisotopic (exact) mass is 296 g/mol. The van der Waals surface area contributed by atoms with Crippen LogP contribution in [0.15, 0.2) is 27.2 Å². The Morgan fingerprint density at radius 1 is 1.53 bits per heavy atom. The lowest BCUT2D eigenvalue weighted by molar-refractivity contribution is 0.112. The van der Waals surface area contributed by atoms with Gasteiger partial charge in [0.2, 0.25) is 0 Å². The van der Waals surface area contributed by atoms with E-state index in [2.05, 4.69) is 26.1 Å². The molecule has 1 aromatic heterocycles. The van der Waals surface area contributed by atoms with Gasteiger partial charge in [-0.05, 0) is 25.1 Å². The van der Waals surface area contributed by atoms with E-state index in [1.165, 1.54) is 0 Å². The minimum absolute atomic E-state index is 0.181. The fourth-order valence-electron chi connectivity index (χ4n) is 1.25. The molecule has 0 bridgehead atoms. The molecule has 0 radical (unpaired) electrons. The summed E-state index contributed by atoms with van der Waals surface area (Å²) in [5.74, 6) is 1.54. The number of benzene rings is 1. The first-order chi connectivity index (χ1) is 8.19. The fraction of sp³-hybridized carbons (Fsp3) is 0.182.